The zero-order valence-corrected chi connectivity index (χ0v) is 10.1. The van der Waals surface area contributed by atoms with E-state index in [9.17, 15) is 5.11 Å². The van der Waals surface area contributed by atoms with E-state index >= 15 is 0 Å². The van der Waals surface area contributed by atoms with Crippen molar-refractivity contribution in [3.8, 4) is 11.6 Å². The molecule has 0 saturated carbocycles. The average Bonchev–Trinajstić information content (AvgIpc) is 2.29. The molecule has 88 valence electrons. The first kappa shape index (κ1) is 11.9. The maximum absolute atomic E-state index is 9.34. The Morgan fingerprint density at radius 1 is 1.29 bits per heavy atom. The molecule has 0 amide bonds. The highest BCUT2D eigenvalue weighted by molar-refractivity contribution is 6.30. The van der Waals surface area contributed by atoms with Crippen LogP contribution in [-0.2, 0) is 0 Å². The fourth-order valence-electron chi connectivity index (χ4n) is 1.35. The number of hydrogen-bond acceptors (Lipinski definition) is 3. The van der Waals surface area contributed by atoms with Crippen molar-refractivity contribution in [1.29, 1.82) is 0 Å². The Balaban J connectivity index is 2.14. The molecule has 0 bridgehead atoms. The Hall–Kier alpha value is -1.58. The van der Waals surface area contributed by atoms with Crippen molar-refractivity contribution in [1.82, 2.24) is 4.98 Å². The maximum Gasteiger partial charge on any atom is 0.219 e. The van der Waals surface area contributed by atoms with Crippen molar-refractivity contribution >= 4 is 11.6 Å². The molecule has 0 saturated heterocycles. The number of hydrogen-bond donors (Lipinski definition) is 1. The number of halogens is 1. The molecule has 2 rings (SSSR count). The zero-order chi connectivity index (χ0) is 12.3. The molecule has 0 aliphatic rings. The predicted octanol–water partition coefficient (Wildman–Crippen LogP) is 3.58. The fraction of sp³-hybridized carbons (Fsp3) is 0.154. The standard InChI is InChI=1S/C13H12ClNO2/c1-9(16)10-5-6-13(15-8-10)17-12-4-2-3-11(14)7-12/h2-9,16H,1H3/t9-/m1/s1. The van der Waals surface area contributed by atoms with Gasteiger partial charge in [0.25, 0.3) is 0 Å². The van der Waals surface area contributed by atoms with Crippen LogP contribution in [0.4, 0.5) is 0 Å². The lowest BCUT2D eigenvalue weighted by Crippen LogP contribution is -1.93. The molecule has 0 aliphatic carbocycles. The van der Waals surface area contributed by atoms with Gasteiger partial charge in [0.05, 0.1) is 6.10 Å². The highest BCUT2D eigenvalue weighted by Gasteiger charge is 2.03. The quantitative estimate of drug-likeness (QED) is 0.904. The molecule has 1 aromatic heterocycles. The van der Waals surface area contributed by atoms with Gasteiger partial charge in [-0.1, -0.05) is 17.7 Å². The van der Waals surface area contributed by atoms with Gasteiger partial charge >= 0.3 is 0 Å². The summed E-state index contributed by atoms with van der Waals surface area (Å²) >= 11 is 5.84. The summed E-state index contributed by atoms with van der Waals surface area (Å²) < 4.78 is 5.52. The monoisotopic (exact) mass is 249 g/mol. The van der Waals surface area contributed by atoms with Crippen molar-refractivity contribution in [2.45, 2.75) is 13.0 Å². The predicted molar refractivity (Wildman–Crippen MR) is 66.4 cm³/mol. The van der Waals surface area contributed by atoms with E-state index in [1.807, 2.05) is 6.07 Å². The van der Waals surface area contributed by atoms with E-state index in [0.29, 0.717) is 16.7 Å². The van der Waals surface area contributed by atoms with Gasteiger partial charge in [0, 0.05) is 17.3 Å². The van der Waals surface area contributed by atoms with Crippen LogP contribution in [0.5, 0.6) is 11.6 Å². The van der Waals surface area contributed by atoms with E-state index in [1.165, 1.54) is 0 Å². The van der Waals surface area contributed by atoms with Crippen molar-refractivity contribution in [3.63, 3.8) is 0 Å². The number of aliphatic hydroxyl groups excluding tert-OH is 1. The first-order valence-corrected chi connectivity index (χ1v) is 5.60. The van der Waals surface area contributed by atoms with Crippen molar-refractivity contribution in [3.05, 3.63) is 53.2 Å². The summed E-state index contributed by atoms with van der Waals surface area (Å²) in [4.78, 5) is 4.10. The third-order valence-corrected chi connectivity index (χ3v) is 2.50. The second kappa shape index (κ2) is 5.17. The van der Waals surface area contributed by atoms with Crippen LogP contribution in [0, 0.1) is 0 Å². The summed E-state index contributed by atoms with van der Waals surface area (Å²) in [6.45, 7) is 1.69. The summed E-state index contributed by atoms with van der Waals surface area (Å²) in [5.74, 6) is 1.10. The minimum atomic E-state index is -0.525. The molecule has 17 heavy (non-hydrogen) atoms. The molecule has 0 aliphatic heterocycles. The Morgan fingerprint density at radius 3 is 2.71 bits per heavy atom. The molecule has 0 radical (unpaired) electrons. The SMILES string of the molecule is C[C@@H](O)c1ccc(Oc2cccc(Cl)c2)nc1. The number of rotatable bonds is 3. The van der Waals surface area contributed by atoms with Gasteiger partial charge in [0.1, 0.15) is 5.75 Å². The Kier molecular flexibility index (Phi) is 3.61. The van der Waals surface area contributed by atoms with Crippen LogP contribution < -0.4 is 4.74 Å². The second-order valence-corrected chi connectivity index (χ2v) is 4.10. The molecule has 3 nitrogen and oxygen atoms in total. The van der Waals surface area contributed by atoms with Crippen LogP contribution in [0.25, 0.3) is 0 Å². The Bertz CT molecular complexity index is 497. The zero-order valence-electron chi connectivity index (χ0n) is 9.30. The average molecular weight is 250 g/mol. The largest absolute Gasteiger partial charge is 0.439 e. The van der Waals surface area contributed by atoms with Crippen LogP contribution >= 0.6 is 11.6 Å². The molecular weight excluding hydrogens is 238 g/mol. The van der Waals surface area contributed by atoms with Crippen LogP contribution in [-0.4, -0.2) is 10.1 Å². The molecule has 0 spiro atoms. The number of ether oxygens (including phenoxy) is 1. The van der Waals surface area contributed by atoms with Crippen LogP contribution in [0.3, 0.4) is 0 Å². The van der Waals surface area contributed by atoms with Crippen LogP contribution in [0.1, 0.15) is 18.6 Å². The molecule has 4 heteroatoms. The number of nitrogens with zero attached hydrogens (tertiary/aromatic N) is 1. The lowest BCUT2D eigenvalue weighted by Gasteiger charge is -2.07. The molecule has 1 aromatic carbocycles. The molecule has 0 fully saturated rings. The van der Waals surface area contributed by atoms with E-state index in [4.69, 9.17) is 16.3 Å². The summed E-state index contributed by atoms with van der Waals surface area (Å²) in [7, 11) is 0. The van der Waals surface area contributed by atoms with Crippen molar-refractivity contribution in [2.24, 2.45) is 0 Å². The Morgan fingerprint density at radius 2 is 2.12 bits per heavy atom. The number of pyridine rings is 1. The molecule has 0 unspecified atom stereocenters. The third-order valence-electron chi connectivity index (χ3n) is 2.26. The fourth-order valence-corrected chi connectivity index (χ4v) is 1.53. The number of aromatic nitrogens is 1. The normalized spacial score (nSPS) is 12.2. The van der Waals surface area contributed by atoms with Gasteiger partial charge in [-0.25, -0.2) is 4.98 Å². The number of benzene rings is 1. The van der Waals surface area contributed by atoms with Gasteiger partial charge in [-0.15, -0.1) is 0 Å². The second-order valence-electron chi connectivity index (χ2n) is 3.67. The highest BCUT2D eigenvalue weighted by atomic mass is 35.5. The molecule has 1 N–H and O–H groups in total. The van der Waals surface area contributed by atoms with E-state index < -0.39 is 6.10 Å². The Labute approximate surface area is 105 Å². The van der Waals surface area contributed by atoms with E-state index in [1.54, 1.807) is 43.5 Å². The lowest BCUT2D eigenvalue weighted by atomic mass is 10.2. The molecular formula is C13H12ClNO2. The third kappa shape index (κ3) is 3.19. The minimum absolute atomic E-state index is 0.469. The van der Waals surface area contributed by atoms with Gasteiger partial charge < -0.3 is 9.84 Å². The number of aliphatic hydroxyl groups is 1. The van der Waals surface area contributed by atoms with Crippen molar-refractivity contribution < 1.29 is 9.84 Å². The van der Waals surface area contributed by atoms with Crippen molar-refractivity contribution in [2.75, 3.05) is 0 Å². The minimum Gasteiger partial charge on any atom is -0.439 e. The summed E-state index contributed by atoms with van der Waals surface area (Å²) in [5.41, 5.74) is 0.753. The van der Waals surface area contributed by atoms with Gasteiger partial charge in [-0.05, 0) is 36.8 Å². The van der Waals surface area contributed by atoms with Gasteiger partial charge in [0.15, 0.2) is 0 Å². The van der Waals surface area contributed by atoms with Gasteiger partial charge in [-0.2, -0.15) is 0 Å². The van der Waals surface area contributed by atoms with E-state index in [-0.39, 0.29) is 0 Å². The smallest absolute Gasteiger partial charge is 0.219 e. The summed E-state index contributed by atoms with van der Waals surface area (Å²) in [6.07, 6.45) is 1.06. The maximum atomic E-state index is 9.34. The van der Waals surface area contributed by atoms with Crippen LogP contribution in [0.15, 0.2) is 42.6 Å². The highest BCUT2D eigenvalue weighted by Crippen LogP contribution is 2.23. The van der Waals surface area contributed by atoms with Gasteiger partial charge in [-0.3, -0.25) is 0 Å². The summed E-state index contributed by atoms with van der Waals surface area (Å²) in [5, 5.41) is 9.96. The molecule has 1 heterocycles. The molecule has 1 atom stereocenters. The first-order valence-electron chi connectivity index (χ1n) is 5.22. The molecule has 2 aromatic rings. The topological polar surface area (TPSA) is 42.4 Å². The van der Waals surface area contributed by atoms with Crippen LogP contribution in [0.2, 0.25) is 5.02 Å². The van der Waals surface area contributed by atoms with Gasteiger partial charge in [0.2, 0.25) is 5.88 Å². The van der Waals surface area contributed by atoms with E-state index in [0.717, 1.165) is 5.56 Å². The van der Waals surface area contributed by atoms with E-state index in [2.05, 4.69) is 4.98 Å². The summed E-state index contributed by atoms with van der Waals surface area (Å²) in [6, 6.07) is 10.6. The lowest BCUT2D eigenvalue weighted by molar-refractivity contribution is 0.198. The first-order chi connectivity index (χ1) is 8.15.